The van der Waals surface area contributed by atoms with E-state index in [4.69, 9.17) is 16.3 Å². The molecule has 0 radical (unpaired) electrons. The van der Waals surface area contributed by atoms with Crippen molar-refractivity contribution < 1.29 is 4.74 Å². The zero-order valence-electron chi connectivity index (χ0n) is 11.5. The number of likely N-dealkylation sites (N-methyl/N-ethyl adjacent to an activating group) is 1. The molecule has 0 fully saturated rings. The SMILES string of the molecule is CNC(Cc1ccc(Cl)cc1)c1ccc2c(c1)COC2. The summed E-state index contributed by atoms with van der Waals surface area (Å²) in [5.41, 5.74) is 5.23. The molecular weight excluding hydrogens is 270 g/mol. The molecule has 1 aliphatic heterocycles. The van der Waals surface area contributed by atoms with Gasteiger partial charge in [0.05, 0.1) is 13.2 Å². The lowest BCUT2D eigenvalue weighted by molar-refractivity contribution is 0.134. The molecule has 104 valence electrons. The Labute approximate surface area is 124 Å². The van der Waals surface area contributed by atoms with Crippen LogP contribution >= 0.6 is 11.6 Å². The van der Waals surface area contributed by atoms with E-state index < -0.39 is 0 Å². The molecular formula is C17H18ClNO. The molecule has 0 aromatic heterocycles. The summed E-state index contributed by atoms with van der Waals surface area (Å²) in [6.07, 6.45) is 0.952. The van der Waals surface area contributed by atoms with Crippen molar-refractivity contribution in [2.24, 2.45) is 0 Å². The van der Waals surface area contributed by atoms with Gasteiger partial charge in [-0.15, -0.1) is 0 Å². The minimum Gasteiger partial charge on any atom is -0.372 e. The fourth-order valence-corrected chi connectivity index (χ4v) is 2.78. The van der Waals surface area contributed by atoms with Crippen molar-refractivity contribution in [2.45, 2.75) is 25.7 Å². The molecule has 0 aliphatic carbocycles. The largest absolute Gasteiger partial charge is 0.372 e. The molecule has 0 saturated carbocycles. The Hall–Kier alpha value is -1.35. The summed E-state index contributed by atoms with van der Waals surface area (Å²) in [5, 5.41) is 4.18. The van der Waals surface area contributed by atoms with E-state index in [0.29, 0.717) is 6.04 Å². The van der Waals surface area contributed by atoms with Crippen molar-refractivity contribution in [1.29, 1.82) is 0 Å². The van der Waals surface area contributed by atoms with Crippen molar-refractivity contribution in [3.8, 4) is 0 Å². The number of nitrogens with one attached hydrogen (secondary N) is 1. The highest BCUT2D eigenvalue weighted by Crippen LogP contribution is 2.26. The fourth-order valence-electron chi connectivity index (χ4n) is 2.65. The van der Waals surface area contributed by atoms with Crippen molar-refractivity contribution in [2.75, 3.05) is 7.05 Å². The summed E-state index contributed by atoms with van der Waals surface area (Å²) in [5.74, 6) is 0. The third-order valence-corrected chi connectivity index (χ3v) is 4.10. The second-order valence-electron chi connectivity index (χ2n) is 5.19. The maximum absolute atomic E-state index is 5.93. The first-order valence-corrected chi connectivity index (χ1v) is 7.25. The number of ether oxygens (including phenoxy) is 1. The van der Waals surface area contributed by atoms with Gasteiger partial charge in [0.1, 0.15) is 0 Å². The van der Waals surface area contributed by atoms with Crippen LogP contribution in [0.1, 0.15) is 28.3 Å². The minimum absolute atomic E-state index is 0.307. The van der Waals surface area contributed by atoms with E-state index in [9.17, 15) is 0 Å². The van der Waals surface area contributed by atoms with E-state index >= 15 is 0 Å². The fraction of sp³-hybridized carbons (Fsp3) is 0.294. The van der Waals surface area contributed by atoms with Crippen molar-refractivity contribution in [3.05, 3.63) is 69.7 Å². The Morgan fingerprint density at radius 3 is 2.60 bits per heavy atom. The molecule has 0 saturated heterocycles. The molecule has 1 heterocycles. The maximum Gasteiger partial charge on any atom is 0.0725 e. The molecule has 1 N–H and O–H groups in total. The number of rotatable bonds is 4. The Balaban J connectivity index is 1.81. The molecule has 2 nitrogen and oxygen atoms in total. The van der Waals surface area contributed by atoms with Gasteiger partial charge in [-0.25, -0.2) is 0 Å². The van der Waals surface area contributed by atoms with E-state index in [2.05, 4.69) is 35.6 Å². The number of benzene rings is 2. The van der Waals surface area contributed by atoms with Crippen LogP contribution in [0.5, 0.6) is 0 Å². The van der Waals surface area contributed by atoms with E-state index in [0.717, 1.165) is 24.7 Å². The Morgan fingerprint density at radius 1 is 1.10 bits per heavy atom. The summed E-state index contributed by atoms with van der Waals surface area (Å²) >= 11 is 5.93. The first-order valence-electron chi connectivity index (χ1n) is 6.87. The van der Waals surface area contributed by atoms with E-state index in [1.54, 1.807) is 0 Å². The molecule has 2 aromatic carbocycles. The normalized spacial score (nSPS) is 15.1. The van der Waals surface area contributed by atoms with E-state index in [-0.39, 0.29) is 0 Å². The van der Waals surface area contributed by atoms with Crippen LogP contribution in [0.4, 0.5) is 0 Å². The van der Waals surface area contributed by atoms with Gasteiger partial charge in [-0.05, 0) is 47.9 Å². The van der Waals surface area contributed by atoms with Crippen LogP contribution in [-0.4, -0.2) is 7.05 Å². The average molecular weight is 288 g/mol. The van der Waals surface area contributed by atoms with Gasteiger partial charge >= 0.3 is 0 Å². The minimum atomic E-state index is 0.307. The smallest absolute Gasteiger partial charge is 0.0725 e. The van der Waals surface area contributed by atoms with Gasteiger partial charge in [0.25, 0.3) is 0 Å². The third-order valence-electron chi connectivity index (χ3n) is 3.85. The van der Waals surface area contributed by atoms with Crippen molar-refractivity contribution >= 4 is 11.6 Å². The van der Waals surface area contributed by atoms with Gasteiger partial charge in [0.2, 0.25) is 0 Å². The zero-order valence-corrected chi connectivity index (χ0v) is 12.3. The Kier molecular flexibility index (Phi) is 4.06. The average Bonchev–Trinajstić information content (AvgIpc) is 2.94. The topological polar surface area (TPSA) is 21.3 Å². The monoisotopic (exact) mass is 287 g/mol. The van der Waals surface area contributed by atoms with Crippen LogP contribution in [0.25, 0.3) is 0 Å². The summed E-state index contributed by atoms with van der Waals surface area (Å²) < 4.78 is 5.48. The van der Waals surface area contributed by atoms with Gasteiger partial charge in [-0.1, -0.05) is 41.9 Å². The predicted octanol–water partition coefficient (Wildman–Crippen LogP) is 3.87. The first kappa shape index (κ1) is 13.6. The second-order valence-corrected chi connectivity index (χ2v) is 5.63. The lowest BCUT2D eigenvalue weighted by Gasteiger charge is -2.18. The van der Waals surface area contributed by atoms with Crippen LogP contribution in [0.3, 0.4) is 0 Å². The predicted molar refractivity (Wildman–Crippen MR) is 81.9 cm³/mol. The number of hydrogen-bond acceptors (Lipinski definition) is 2. The van der Waals surface area contributed by atoms with Crippen molar-refractivity contribution in [1.82, 2.24) is 5.32 Å². The standard InChI is InChI=1S/C17H18ClNO/c1-19-17(8-12-2-6-16(18)7-3-12)13-4-5-14-10-20-11-15(14)9-13/h2-7,9,17,19H,8,10-11H2,1H3. The summed E-state index contributed by atoms with van der Waals surface area (Å²) in [6, 6.07) is 15.0. The number of fused-ring (bicyclic) bond motifs is 1. The van der Waals surface area contributed by atoms with Gasteiger partial charge < -0.3 is 10.1 Å². The summed E-state index contributed by atoms with van der Waals surface area (Å²) in [4.78, 5) is 0. The van der Waals surface area contributed by atoms with E-state index in [1.807, 2.05) is 19.2 Å². The third kappa shape index (κ3) is 2.88. The molecule has 0 spiro atoms. The molecule has 1 unspecified atom stereocenters. The second kappa shape index (κ2) is 5.96. The van der Waals surface area contributed by atoms with Crippen molar-refractivity contribution in [3.63, 3.8) is 0 Å². The quantitative estimate of drug-likeness (QED) is 0.921. The lowest BCUT2D eigenvalue weighted by Crippen LogP contribution is -2.19. The maximum atomic E-state index is 5.93. The highest BCUT2D eigenvalue weighted by molar-refractivity contribution is 6.30. The molecule has 3 heteroatoms. The van der Waals surface area contributed by atoms with E-state index in [1.165, 1.54) is 22.3 Å². The molecule has 3 rings (SSSR count). The van der Waals surface area contributed by atoms with Gasteiger partial charge in [0.15, 0.2) is 0 Å². The molecule has 0 bridgehead atoms. The zero-order chi connectivity index (χ0) is 13.9. The molecule has 0 amide bonds. The first-order chi connectivity index (χ1) is 9.76. The van der Waals surface area contributed by atoms with Crippen LogP contribution in [-0.2, 0) is 24.4 Å². The summed E-state index contributed by atoms with van der Waals surface area (Å²) in [6.45, 7) is 1.48. The van der Waals surface area contributed by atoms with Gasteiger partial charge in [-0.2, -0.15) is 0 Å². The van der Waals surface area contributed by atoms with Gasteiger partial charge in [0, 0.05) is 11.1 Å². The Bertz CT molecular complexity index is 594. The molecule has 2 aromatic rings. The Morgan fingerprint density at radius 2 is 1.85 bits per heavy atom. The molecule has 1 aliphatic rings. The highest BCUT2D eigenvalue weighted by atomic mass is 35.5. The number of hydrogen-bond donors (Lipinski definition) is 1. The molecule has 1 atom stereocenters. The molecule has 20 heavy (non-hydrogen) atoms. The lowest BCUT2D eigenvalue weighted by atomic mass is 9.96. The summed E-state index contributed by atoms with van der Waals surface area (Å²) in [7, 11) is 2.00. The van der Waals surface area contributed by atoms with Crippen LogP contribution < -0.4 is 5.32 Å². The van der Waals surface area contributed by atoms with Crippen LogP contribution in [0.2, 0.25) is 5.02 Å². The number of halogens is 1. The van der Waals surface area contributed by atoms with Crippen LogP contribution in [0.15, 0.2) is 42.5 Å². The van der Waals surface area contributed by atoms with Crippen LogP contribution in [0, 0.1) is 0 Å². The highest BCUT2D eigenvalue weighted by Gasteiger charge is 2.15. The van der Waals surface area contributed by atoms with Gasteiger partial charge in [-0.3, -0.25) is 0 Å².